The molecule has 0 fully saturated rings. The van der Waals surface area contributed by atoms with E-state index >= 15 is 0 Å². The average Bonchev–Trinajstić information content (AvgIpc) is 2.96. The van der Waals surface area contributed by atoms with E-state index in [1.54, 1.807) is 5.57 Å². The van der Waals surface area contributed by atoms with E-state index in [-0.39, 0.29) is 10.8 Å². The molecule has 132 valence electrons. The summed E-state index contributed by atoms with van der Waals surface area (Å²) in [5, 5.41) is 0. The van der Waals surface area contributed by atoms with Crippen LogP contribution in [0.1, 0.15) is 77.1 Å². The Labute approximate surface area is 154 Å². The van der Waals surface area contributed by atoms with Crippen molar-refractivity contribution in [2.24, 2.45) is 0 Å². The van der Waals surface area contributed by atoms with Gasteiger partial charge in [-0.2, -0.15) is 0 Å². The van der Waals surface area contributed by atoms with Gasteiger partial charge in [0.05, 0.1) is 0 Å². The van der Waals surface area contributed by atoms with Gasteiger partial charge in [0.1, 0.15) is 0 Å². The SMILES string of the molecule is CCC1=Cc2cccc(-c3cc(C(C)(C)C)cc(C(C)(C)C)c3)c2C1. The third-order valence-corrected chi connectivity index (χ3v) is 5.41. The maximum Gasteiger partial charge on any atom is -0.00518 e. The molecule has 0 bridgehead atoms. The number of hydrogen-bond donors (Lipinski definition) is 0. The summed E-state index contributed by atoms with van der Waals surface area (Å²) in [4.78, 5) is 0. The Morgan fingerprint density at radius 3 is 1.96 bits per heavy atom. The van der Waals surface area contributed by atoms with Crippen molar-refractivity contribution in [3.63, 3.8) is 0 Å². The number of rotatable bonds is 2. The maximum absolute atomic E-state index is 2.41. The van der Waals surface area contributed by atoms with Crippen LogP contribution >= 0.6 is 0 Å². The lowest BCUT2D eigenvalue weighted by atomic mass is 9.78. The van der Waals surface area contributed by atoms with Crippen molar-refractivity contribution in [2.45, 2.75) is 72.1 Å². The summed E-state index contributed by atoms with van der Waals surface area (Å²) in [6.45, 7) is 16.1. The first kappa shape index (κ1) is 18.0. The zero-order valence-electron chi connectivity index (χ0n) is 17.0. The predicted molar refractivity (Wildman–Crippen MR) is 111 cm³/mol. The first-order valence-corrected chi connectivity index (χ1v) is 9.57. The molecule has 0 heteroatoms. The van der Waals surface area contributed by atoms with Crippen LogP contribution < -0.4 is 0 Å². The molecule has 2 aromatic rings. The lowest BCUT2D eigenvalue weighted by Gasteiger charge is -2.26. The molecule has 3 rings (SSSR count). The van der Waals surface area contributed by atoms with Gasteiger partial charge in [-0.05, 0) is 57.1 Å². The fraction of sp³-hybridized carbons (Fsp3) is 0.440. The lowest BCUT2D eigenvalue weighted by molar-refractivity contribution is 0.569. The summed E-state index contributed by atoms with van der Waals surface area (Å²) in [5.74, 6) is 0. The minimum atomic E-state index is 0.154. The van der Waals surface area contributed by atoms with Gasteiger partial charge in [0.2, 0.25) is 0 Å². The Morgan fingerprint density at radius 1 is 0.840 bits per heavy atom. The minimum absolute atomic E-state index is 0.154. The Bertz CT molecular complexity index is 788. The van der Waals surface area contributed by atoms with Crippen molar-refractivity contribution in [3.8, 4) is 11.1 Å². The van der Waals surface area contributed by atoms with Crippen molar-refractivity contribution in [3.05, 3.63) is 64.2 Å². The molecule has 0 atom stereocenters. The summed E-state index contributed by atoms with van der Waals surface area (Å²) in [5.41, 5.74) is 10.4. The highest BCUT2D eigenvalue weighted by Gasteiger charge is 2.22. The fourth-order valence-electron chi connectivity index (χ4n) is 3.58. The topological polar surface area (TPSA) is 0 Å². The summed E-state index contributed by atoms with van der Waals surface area (Å²) in [6.07, 6.45) is 4.63. The third-order valence-electron chi connectivity index (χ3n) is 5.41. The molecule has 0 saturated heterocycles. The van der Waals surface area contributed by atoms with Gasteiger partial charge in [0.15, 0.2) is 0 Å². The molecule has 0 saturated carbocycles. The maximum atomic E-state index is 2.41. The van der Waals surface area contributed by atoms with Gasteiger partial charge in [-0.3, -0.25) is 0 Å². The van der Waals surface area contributed by atoms with E-state index in [9.17, 15) is 0 Å². The normalized spacial score (nSPS) is 14.4. The van der Waals surface area contributed by atoms with Crippen LogP contribution in [0.3, 0.4) is 0 Å². The Kier molecular flexibility index (Phi) is 4.43. The van der Waals surface area contributed by atoms with Gasteiger partial charge in [0.25, 0.3) is 0 Å². The van der Waals surface area contributed by atoms with Crippen LogP contribution in [0.5, 0.6) is 0 Å². The highest BCUT2D eigenvalue weighted by Crippen LogP contribution is 2.38. The highest BCUT2D eigenvalue weighted by molar-refractivity contribution is 5.78. The molecule has 1 aliphatic carbocycles. The molecular weight excluding hydrogens is 300 g/mol. The zero-order chi connectivity index (χ0) is 18.4. The van der Waals surface area contributed by atoms with Crippen LogP contribution in [-0.4, -0.2) is 0 Å². The molecule has 2 aromatic carbocycles. The van der Waals surface area contributed by atoms with Crippen molar-refractivity contribution in [1.29, 1.82) is 0 Å². The molecule has 0 aromatic heterocycles. The minimum Gasteiger partial charge on any atom is -0.0655 e. The van der Waals surface area contributed by atoms with Gasteiger partial charge >= 0.3 is 0 Å². The highest BCUT2D eigenvalue weighted by atomic mass is 14.3. The molecule has 0 radical (unpaired) electrons. The van der Waals surface area contributed by atoms with Crippen LogP contribution in [0.15, 0.2) is 42.0 Å². The van der Waals surface area contributed by atoms with Crippen molar-refractivity contribution < 1.29 is 0 Å². The summed E-state index contributed by atoms with van der Waals surface area (Å²) in [6, 6.07) is 14.0. The zero-order valence-corrected chi connectivity index (χ0v) is 17.0. The summed E-state index contributed by atoms with van der Waals surface area (Å²) in [7, 11) is 0. The molecule has 0 nitrogen and oxygen atoms in total. The standard InChI is InChI=1S/C25H32/c1-8-17-12-18-10-9-11-22(23(18)13-17)19-14-20(24(2,3)4)16-21(15-19)25(5,6)7/h9-12,14-16H,8,13H2,1-7H3. The van der Waals surface area contributed by atoms with Crippen LogP contribution in [0, 0.1) is 0 Å². The molecule has 0 unspecified atom stereocenters. The molecule has 0 N–H and O–H groups in total. The van der Waals surface area contributed by atoms with Crippen molar-refractivity contribution in [1.82, 2.24) is 0 Å². The van der Waals surface area contributed by atoms with E-state index in [4.69, 9.17) is 0 Å². The molecule has 1 aliphatic rings. The van der Waals surface area contributed by atoms with E-state index in [0.717, 1.165) is 12.8 Å². The van der Waals surface area contributed by atoms with Crippen molar-refractivity contribution in [2.75, 3.05) is 0 Å². The Balaban J connectivity index is 2.19. The molecular formula is C25H32. The largest absolute Gasteiger partial charge is 0.0655 e. The van der Waals surface area contributed by atoms with Crippen LogP contribution in [0.4, 0.5) is 0 Å². The van der Waals surface area contributed by atoms with Gasteiger partial charge in [-0.15, -0.1) is 0 Å². The van der Waals surface area contributed by atoms with Gasteiger partial charge in [-0.25, -0.2) is 0 Å². The second-order valence-electron chi connectivity index (χ2n) is 9.51. The van der Waals surface area contributed by atoms with E-state index in [1.165, 1.54) is 33.4 Å². The molecule has 0 aliphatic heterocycles. The quantitative estimate of drug-likeness (QED) is 0.541. The Hall–Kier alpha value is -1.82. The van der Waals surface area contributed by atoms with E-state index < -0.39 is 0 Å². The molecule has 0 spiro atoms. The second kappa shape index (κ2) is 6.16. The predicted octanol–water partition coefficient (Wildman–Crippen LogP) is 7.30. The fourth-order valence-corrected chi connectivity index (χ4v) is 3.58. The summed E-state index contributed by atoms with van der Waals surface area (Å²) >= 11 is 0. The smallest absolute Gasteiger partial charge is 0.00518 e. The number of fused-ring (bicyclic) bond motifs is 1. The van der Waals surface area contributed by atoms with Gasteiger partial charge in [-0.1, -0.05) is 96.5 Å². The van der Waals surface area contributed by atoms with E-state index in [0.29, 0.717) is 0 Å². The van der Waals surface area contributed by atoms with E-state index in [1.807, 2.05) is 0 Å². The van der Waals surface area contributed by atoms with E-state index in [2.05, 4.69) is 90.9 Å². The molecule has 0 heterocycles. The van der Waals surface area contributed by atoms with Gasteiger partial charge < -0.3 is 0 Å². The number of benzene rings is 2. The van der Waals surface area contributed by atoms with Crippen LogP contribution in [0.25, 0.3) is 17.2 Å². The summed E-state index contributed by atoms with van der Waals surface area (Å²) < 4.78 is 0. The monoisotopic (exact) mass is 332 g/mol. The second-order valence-corrected chi connectivity index (χ2v) is 9.51. The first-order chi connectivity index (χ1) is 11.6. The van der Waals surface area contributed by atoms with Crippen molar-refractivity contribution >= 4 is 6.08 Å². The average molecular weight is 333 g/mol. The third kappa shape index (κ3) is 3.59. The van der Waals surface area contributed by atoms with Gasteiger partial charge in [0, 0.05) is 0 Å². The van der Waals surface area contributed by atoms with Crippen LogP contribution in [0.2, 0.25) is 0 Å². The molecule has 0 amide bonds. The lowest BCUT2D eigenvalue weighted by Crippen LogP contribution is -2.16. The Morgan fingerprint density at radius 2 is 1.44 bits per heavy atom. The van der Waals surface area contributed by atoms with Crippen LogP contribution in [-0.2, 0) is 17.3 Å². The first-order valence-electron chi connectivity index (χ1n) is 9.57. The number of hydrogen-bond acceptors (Lipinski definition) is 0. The molecule has 25 heavy (non-hydrogen) atoms. The number of allylic oxidation sites excluding steroid dienone is 1.